The summed E-state index contributed by atoms with van der Waals surface area (Å²) in [5.41, 5.74) is 0. The van der Waals surface area contributed by atoms with Gasteiger partial charge in [-0.25, -0.2) is 0 Å². The Morgan fingerprint density at radius 2 is 2.24 bits per heavy atom. The lowest BCUT2D eigenvalue weighted by molar-refractivity contribution is -0.149. The van der Waals surface area contributed by atoms with Gasteiger partial charge in [0.1, 0.15) is 0 Å². The first-order chi connectivity index (χ1) is 10.2. The van der Waals surface area contributed by atoms with Gasteiger partial charge in [-0.2, -0.15) is 0 Å². The van der Waals surface area contributed by atoms with Gasteiger partial charge >= 0.3 is 5.97 Å². The third-order valence-electron chi connectivity index (χ3n) is 4.72. The van der Waals surface area contributed by atoms with Crippen LogP contribution >= 0.6 is 11.3 Å². The van der Waals surface area contributed by atoms with E-state index in [1.54, 1.807) is 11.3 Å². The first-order valence-corrected chi connectivity index (χ1v) is 8.53. The predicted molar refractivity (Wildman–Crippen MR) is 80.7 cm³/mol. The highest BCUT2D eigenvalue weighted by Crippen LogP contribution is 2.49. The van der Waals surface area contributed by atoms with Crippen LogP contribution in [-0.4, -0.2) is 18.5 Å². The lowest BCUT2D eigenvalue weighted by Crippen LogP contribution is -2.28. The largest absolute Gasteiger partial charge is 0.456 e. The second-order valence-electron chi connectivity index (χ2n) is 6.16. The van der Waals surface area contributed by atoms with Crippen molar-refractivity contribution in [1.29, 1.82) is 0 Å². The number of thiophene rings is 1. The van der Waals surface area contributed by atoms with E-state index >= 15 is 0 Å². The molecule has 2 fully saturated rings. The Morgan fingerprint density at radius 3 is 2.90 bits per heavy atom. The van der Waals surface area contributed by atoms with Crippen LogP contribution < -0.4 is 5.32 Å². The van der Waals surface area contributed by atoms with Crippen LogP contribution in [0.4, 0.5) is 0 Å². The van der Waals surface area contributed by atoms with Crippen LogP contribution in [0.15, 0.2) is 17.5 Å². The average molecular weight is 307 g/mol. The monoisotopic (exact) mass is 307 g/mol. The number of carbonyl (C=O) groups is 2. The fourth-order valence-corrected chi connectivity index (χ4v) is 4.34. The Balaban J connectivity index is 1.33. The topological polar surface area (TPSA) is 55.4 Å². The van der Waals surface area contributed by atoms with Crippen molar-refractivity contribution in [1.82, 2.24) is 5.32 Å². The highest BCUT2D eigenvalue weighted by Gasteiger charge is 2.40. The number of nitrogens with one attached hydrogen (secondary N) is 1. The molecule has 1 aromatic rings. The number of hydrogen-bond donors (Lipinski definition) is 1. The van der Waals surface area contributed by atoms with E-state index < -0.39 is 0 Å². The van der Waals surface area contributed by atoms with Gasteiger partial charge in [-0.1, -0.05) is 12.5 Å². The number of esters is 1. The van der Waals surface area contributed by atoms with Gasteiger partial charge in [-0.05, 0) is 48.5 Å². The quantitative estimate of drug-likeness (QED) is 0.822. The summed E-state index contributed by atoms with van der Waals surface area (Å²) in [5.74, 6) is 1.59. The van der Waals surface area contributed by atoms with Crippen LogP contribution in [-0.2, 0) is 20.9 Å². The second kappa shape index (κ2) is 6.60. The van der Waals surface area contributed by atoms with E-state index in [1.807, 2.05) is 17.5 Å². The molecule has 1 aromatic heterocycles. The first kappa shape index (κ1) is 14.6. The van der Waals surface area contributed by atoms with Gasteiger partial charge in [0, 0.05) is 11.3 Å². The molecular formula is C16H21NO3S. The third kappa shape index (κ3) is 3.84. The summed E-state index contributed by atoms with van der Waals surface area (Å²) in [4.78, 5) is 24.5. The molecule has 2 aliphatic rings. The van der Waals surface area contributed by atoms with Gasteiger partial charge < -0.3 is 10.1 Å². The first-order valence-electron chi connectivity index (χ1n) is 7.65. The summed E-state index contributed by atoms with van der Waals surface area (Å²) in [6.07, 6.45) is 5.55. The number of rotatable bonds is 6. The van der Waals surface area contributed by atoms with Gasteiger partial charge in [0.15, 0.2) is 6.61 Å². The maximum Gasteiger partial charge on any atom is 0.306 e. The minimum absolute atomic E-state index is 0.162. The molecule has 1 N–H and O–H groups in total. The molecule has 4 nitrogen and oxygen atoms in total. The Labute approximate surface area is 128 Å². The molecular weight excluding hydrogens is 286 g/mol. The van der Waals surface area contributed by atoms with Crippen molar-refractivity contribution in [2.75, 3.05) is 6.61 Å². The predicted octanol–water partition coefficient (Wildman–Crippen LogP) is 2.73. The number of ether oxygens (including phenoxy) is 1. The maximum atomic E-state index is 11.8. The van der Waals surface area contributed by atoms with Crippen LogP contribution in [0, 0.1) is 17.8 Å². The molecule has 2 aliphatic carbocycles. The Hall–Kier alpha value is -1.36. The van der Waals surface area contributed by atoms with E-state index in [-0.39, 0.29) is 18.5 Å². The molecule has 3 atom stereocenters. The molecule has 0 spiro atoms. The van der Waals surface area contributed by atoms with Crippen molar-refractivity contribution in [3.05, 3.63) is 22.4 Å². The minimum atomic E-state index is -0.232. The lowest BCUT2D eigenvalue weighted by atomic mass is 9.86. The zero-order valence-electron chi connectivity index (χ0n) is 12.0. The van der Waals surface area contributed by atoms with Crippen LogP contribution in [0.2, 0.25) is 0 Å². The van der Waals surface area contributed by atoms with Gasteiger partial charge in [0.05, 0.1) is 6.54 Å². The highest BCUT2D eigenvalue weighted by atomic mass is 32.1. The summed E-state index contributed by atoms with van der Waals surface area (Å²) >= 11 is 1.59. The van der Waals surface area contributed by atoms with E-state index in [2.05, 4.69) is 5.32 Å². The number of carbonyl (C=O) groups excluding carboxylic acids is 2. The molecule has 114 valence electrons. The normalized spacial score (nSPS) is 26.8. The number of fused-ring (bicyclic) bond motifs is 2. The minimum Gasteiger partial charge on any atom is -0.456 e. The van der Waals surface area contributed by atoms with Crippen LogP contribution in [0.25, 0.3) is 0 Å². The Morgan fingerprint density at radius 1 is 1.33 bits per heavy atom. The van der Waals surface area contributed by atoms with Crippen LogP contribution in [0.3, 0.4) is 0 Å². The molecule has 21 heavy (non-hydrogen) atoms. The van der Waals surface area contributed by atoms with Crippen molar-refractivity contribution < 1.29 is 14.3 Å². The summed E-state index contributed by atoms with van der Waals surface area (Å²) in [6, 6.07) is 3.91. The zero-order chi connectivity index (χ0) is 14.7. The van der Waals surface area contributed by atoms with Gasteiger partial charge in [-0.3, -0.25) is 9.59 Å². The van der Waals surface area contributed by atoms with E-state index in [0.717, 1.165) is 16.7 Å². The van der Waals surface area contributed by atoms with Gasteiger partial charge in [-0.15, -0.1) is 11.3 Å². The van der Waals surface area contributed by atoms with Crippen LogP contribution in [0.5, 0.6) is 0 Å². The molecule has 0 aromatic carbocycles. The zero-order valence-corrected chi connectivity index (χ0v) is 12.9. The second-order valence-corrected chi connectivity index (χ2v) is 7.19. The van der Waals surface area contributed by atoms with Crippen molar-refractivity contribution in [3.8, 4) is 0 Å². The third-order valence-corrected chi connectivity index (χ3v) is 5.59. The van der Waals surface area contributed by atoms with Crippen molar-refractivity contribution >= 4 is 23.2 Å². The number of amides is 1. The molecule has 0 saturated heterocycles. The van der Waals surface area contributed by atoms with E-state index in [1.165, 1.54) is 25.7 Å². The van der Waals surface area contributed by atoms with Crippen LogP contribution in [0.1, 0.15) is 37.0 Å². The van der Waals surface area contributed by atoms with Crippen molar-refractivity contribution in [2.24, 2.45) is 17.8 Å². The van der Waals surface area contributed by atoms with Gasteiger partial charge in [0.2, 0.25) is 0 Å². The molecule has 2 bridgehead atoms. The molecule has 2 saturated carbocycles. The molecule has 0 aliphatic heterocycles. The van der Waals surface area contributed by atoms with Crippen molar-refractivity contribution in [3.63, 3.8) is 0 Å². The van der Waals surface area contributed by atoms with E-state index in [9.17, 15) is 9.59 Å². The Bertz CT molecular complexity index is 500. The average Bonchev–Trinajstić information content (AvgIpc) is 3.20. The summed E-state index contributed by atoms with van der Waals surface area (Å²) < 4.78 is 5.10. The summed E-state index contributed by atoms with van der Waals surface area (Å²) in [6.45, 7) is 0.339. The van der Waals surface area contributed by atoms with Crippen molar-refractivity contribution in [2.45, 2.75) is 38.6 Å². The molecule has 3 rings (SSSR count). The van der Waals surface area contributed by atoms with Gasteiger partial charge in [0.25, 0.3) is 5.91 Å². The smallest absolute Gasteiger partial charge is 0.306 e. The summed E-state index contributed by atoms with van der Waals surface area (Å²) in [7, 11) is 0. The maximum absolute atomic E-state index is 11.8. The standard InChI is InChI=1S/C16H21NO3S/c18-15(17-9-14-2-1-5-21-14)10-20-16(19)8-13-7-11-3-4-12(13)6-11/h1-2,5,11-13H,3-4,6-10H2,(H,17,18)/t11-,12+,13-/m0/s1. The molecule has 1 heterocycles. The SMILES string of the molecule is O=C(COC(=O)C[C@@H]1C[C@H]2CC[C@@H]1C2)NCc1cccs1. The molecule has 0 unspecified atom stereocenters. The fraction of sp³-hybridized carbons (Fsp3) is 0.625. The van der Waals surface area contributed by atoms with E-state index in [0.29, 0.717) is 18.9 Å². The molecule has 0 radical (unpaired) electrons. The highest BCUT2D eigenvalue weighted by molar-refractivity contribution is 7.09. The Kier molecular flexibility index (Phi) is 4.58. The lowest BCUT2D eigenvalue weighted by Gasteiger charge is -2.20. The fourth-order valence-electron chi connectivity index (χ4n) is 3.70. The summed E-state index contributed by atoms with van der Waals surface area (Å²) in [5, 5.41) is 4.72. The van der Waals surface area contributed by atoms with E-state index in [4.69, 9.17) is 4.74 Å². The molecule has 1 amide bonds. The molecule has 5 heteroatoms. The number of hydrogen-bond acceptors (Lipinski definition) is 4.